The van der Waals surface area contributed by atoms with E-state index < -0.39 is 8.80 Å². The Morgan fingerprint density at radius 1 is 0.217 bits per heavy atom. The lowest BCUT2D eigenvalue weighted by molar-refractivity contribution is -0.942. The van der Waals surface area contributed by atoms with Gasteiger partial charge in [0.1, 0.15) is 0 Å². The molecule has 24 rings (SSSR count). The van der Waals surface area contributed by atoms with Gasteiger partial charge in [0.25, 0.3) is 0 Å². The maximum Gasteiger partial charge on any atom is 0.492 e. The summed E-state index contributed by atoms with van der Waals surface area (Å²) in [5.74, 6) is 0. The van der Waals surface area contributed by atoms with E-state index in [1.807, 2.05) is 0 Å². The Kier molecular flexibility index (Phi) is 40.7. The van der Waals surface area contributed by atoms with Crippen molar-refractivity contribution in [3.8, 4) is 0 Å². The normalized spacial score (nSPS) is 36.7. The van der Waals surface area contributed by atoms with Crippen LogP contribution in [0.4, 0.5) is 0 Å². The molecule has 0 aromatic rings. The standard InChI is InChI=1S/C80H163N23O3Si.8ClH/c1-80(79-94(10-8-84(18-50-100-66-34-90(35-67-100)36-68-100)19-51-101-69-37-91(38-70-101)39-71-101)11-9-85(20-52-102-72-40-92(41-73-102)42-74-102)21-53-103-75-43-93(44-76-103)45-77-103)95(3-2-78-107(104,105)106)13-12-81(4-6-82(14-46-96-54-22-86(23-55-96)24-56-96)15-47-97-57-25-87(26-58-97)27-59-97)5-7-83(16-48-98-60-28-88(29-61-98)30-62-98)17-49-99-63-31-89(32-64-99)33-65-99;;;;;;;;/h80,104-106H,2-79H2,1H3;8*1H/q+8;;;;;;;;/p-8. The van der Waals surface area contributed by atoms with E-state index in [-0.39, 0.29) is 111 Å². The molecule has 26 nitrogen and oxygen atoms in total. The highest BCUT2D eigenvalue weighted by Gasteiger charge is 2.47. The largest absolute Gasteiger partial charge is 1.00 e. The Hall–Kier alpha value is 1.50. The summed E-state index contributed by atoms with van der Waals surface area (Å²) in [6.07, 6.45) is 0.610. The fraction of sp³-hybridized carbons (Fsp3) is 1.00. The van der Waals surface area contributed by atoms with Crippen LogP contribution in [0, 0.1) is 0 Å². The maximum atomic E-state index is 10.8. The van der Waals surface area contributed by atoms with E-state index in [0.717, 1.165) is 78.5 Å². The third kappa shape index (κ3) is 27.3. The van der Waals surface area contributed by atoms with Crippen LogP contribution in [0.2, 0.25) is 6.04 Å². The molecule has 0 aromatic heterocycles. The van der Waals surface area contributed by atoms with Gasteiger partial charge in [-0.1, -0.05) is 0 Å². The van der Waals surface area contributed by atoms with Crippen molar-refractivity contribution in [1.82, 2.24) is 73.5 Å². The molecule has 0 amide bonds. The van der Waals surface area contributed by atoms with Crippen molar-refractivity contribution >= 4 is 8.80 Å². The summed E-state index contributed by atoms with van der Waals surface area (Å²) in [6, 6.07) is 0.377. The van der Waals surface area contributed by atoms with Crippen LogP contribution in [0.25, 0.3) is 0 Å². The first-order valence-corrected chi connectivity index (χ1v) is 47.9. The number of quaternary nitrogens is 8. The highest BCUT2D eigenvalue weighted by atomic mass is 35.5. The van der Waals surface area contributed by atoms with Crippen LogP contribution >= 0.6 is 0 Å². The first kappa shape index (κ1) is 102. The highest BCUT2D eigenvalue weighted by Crippen LogP contribution is 2.28. The molecule has 0 aromatic carbocycles. The maximum absolute atomic E-state index is 10.8. The second kappa shape index (κ2) is 46.0. The summed E-state index contributed by atoms with van der Waals surface area (Å²) in [6.45, 7) is 98.6. The zero-order chi connectivity index (χ0) is 72.9. The third-order valence-electron chi connectivity index (χ3n) is 34.2. The van der Waals surface area contributed by atoms with Crippen molar-refractivity contribution in [2.24, 2.45) is 0 Å². The summed E-state index contributed by atoms with van der Waals surface area (Å²) in [5, 5.41) is 0. The summed E-state index contributed by atoms with van der Waals surface area (Å²) in [5.41, 5.74) is 0. The van der Waals surface area contributed by atoms with Crippen molar-refractivity contribution in [3.63, 3.8) is 0 Å². The molecule has 0 saturated carbocycles. The zero-order valence-corrected chi connectivity index (χ0v) is 78.9. The molecule has 3 N–H and O–H groups in total. The minimum atomic E-state index is -4.25. The lowest BCUT2D eigenvalue weighted by Crippen LogP contribution is -3.00. The van der Waals surface area contributed by atoms with Crippen LogP contribution < -0.4 is 99.3 Å². The van der Waals surface area contributed by atoms with Crippen molar-refractivity contribution in [2.45, 2.75) is 25.4 Å². The minimum absolute atomic E-state index is 0. The van der Waals surface area contributed by atoms with E-state index in [9.17, 15) is 14.4 Å². The monoisotopic (exact) mass is 1800 g/mol. The molecule has 24 fully saturated rings. The van der Waals surface area contributed by atoms with Gasteiger partial charge >= 0.3 is 8.80 Å². The van der Waals surface area contributed by atoms with Gasteiger partial charge in [-0.15, -0.1) is 0 Å². The first-order valence-electron chi connectivity index (χ1n) is 45.8. The molecule has 24 heterocycles. The van der Waals surface area contributed by atoms with Crippen molar-refractivity contribution in [2.75, 3.05) is 497 Å². The van der Waals surface area contributed by atoms with Gasteiger partial charge in [0, 0.05) is 294 Å². The Morgan fingerprint density at radius 2 is 0.365 bits per heavy atom. The Balaban J connectivity index is 0.00000207. The Morgan fingerprint density at radius 3 is 0.530 bits per heavy atom. The third-order valence-corrected chi connectivity index (χ3v) is 35.3. The molecule has 0 spiro atoms. The second-order valence-electron chi connectivity index (χ2n) is 39.9. The van der Waals surface area contributed by atoms with Crippen LogP contribution in [0.15, 0.2) is 0 Å². The summed E-state index contributed by atoms with van der Waals surface area (Å²) < 4.78 is 10.7. The molecule has 115 heavy (non-hydrogen) atoms. The first-order chi connectivity index (χ1) is 51.9. The van der Waals surface area contributed by atoms with Gasteiger partial charge in [0.15, 0.2) is 0 Å². The summed E-state index contributed by atoms with van der Waals surface area (Å²) >= 11 is 0. The van der Waals surface area contributed by atoms with E-state index in [2.05, 4.69) is 80.4 Å². The van der Waals surface area contributed by atoms with Gasteiger partial charge in [-0.25, -0.2) is 0 Å². The van der Waals surface area contributed by atoms with E-state index in [1.165, 1.54) is 455 Å². The summed E-state index contributed by atoms with van der Waals surface area (Å²) in [4.78, 5) is 75.0. The van der Waals surface area contributed by atoms with E-state index in [0.29, 0.717) is 6.42 Å². The minimum Gasteiger partial charge on any atom is -1.00 e. The van der Waals surface area contributed by atoms with Crippen LogP contribution in [0.3, 0.4) is 0 Å². The SMILES string of the molecule is CC(CN(CCN(CC[N+]12CCN(CC1)CC2)CC[N+]12CCN(CC1)CC2)CCN(CC[N+]12CCN(CC1)CC2)CC[N+]12CCN(CC1)CC2)N(CCC[Si](O)(O)O)CCN(CCN(CC[N+]12CCN(CC1)CC2)CC[N+]12CCN(CC1)CC2)CCN(CC[N+]12CCN(CC1)CC2)CC[N+]12CCN(CC1)CC2.[Cl-].[Cl-].[Cl-].[Cl-].[Cl-].[Cl-].[Cl-].[Cl-]. The van der Waals surface area contributed by atoms with Crippen molar-refractivity contribution in [3.05, 3.63) is 0 Å². The predicted octanol–water partition coefficient (Wildman–Crippen LogP) is -29.0. The number of nitrogens with zero attached hydrogens (tertiary/aromatic N) is 23. The Bertz CT molecular complexity index is 2340. The van der Waals surface area contributed by atoms with Crippen LogP contribution in [0.1, 0.15) is 13.3 Å². The van der Waals surface area contributed by atoms with Crippen LogP contribution in [-0.2, 0) is 0 Å². The summed E-state index contributed by atoms with van der Waals surface area (Å²) in [7, 11) is -4.25. The van der Waals surface area contributed by atoms with Gasteiger partial charge in [0.05, 0.1) is 209 Å². The lowest BCUT2D eigenvalue weighted by Gasteiger charge is -2.52. The van der Waals surface area contributed by atoms with Crippen molar-refractivity contribution < 1.29 is 150 Å². The predicted molar refractivity (Wildman–Crippen MR) is 431 cm³/mol. The molecule has 24 saturated heterocycles. The van der Waals surface area contributed by atoms with Crippen LogP contribution in [0.5, 0.6) is 0 Å². The average Bonchev–Trinajstić information content (AvgIpc) is 0.859. The molecule has 24 aliphatic rings. The smallest absolute Gasteiger partial charge is 0.492 e. The quantitative estimate of drug-likeness (QED) is 0.0397. The number of fused-ring (bicyclic) bond motifs is 24. The molecule has 1 atom stereocenters. The number of rotatable bonds is 46. The Labute approximate surface area is 749 Å². The second-order valence-corrected chi connectivity index (χ2v) is 41.9. The average molecular weight is 1810 g/mol. The van der Waals surface area contributed by atoms with Crippen LogP contribution in [-0.4, -0.2) is 636 Å². The number of hydrogen-bond acceptors (Lipinski definition) is 18. The number of halogens is 8. The van der Waals surface area contributed by atoms with E-state index >= 15 is 0 Å². The van der Waals surface area contributed by atoms with Gasteiger partial charge in [-0.05, 0) is 19.9 Å². The van der Waals surface area contributed by atoms with Gasteiger partial charge in [0.2, 0.25) is 0 Å². The highest BCUT2D eigenvalue weighted by molar-refractivity contribution is 6.56. The molecular weight excluding hydrogens is 1640 g/mol. The molecule has 676 valence electrons. The molecule has 0 aliphatic carbocycles. The molecule has 16 bridgehead atoms. The van der Waals surface area contributed by atoms with Gasteiger partial charge in [-0.2, -0.15) is 0 Å². The molecular formula is C80H163Cl8N23O3Si. The lowest BCUT2D eigenvalue weighted by atomic mass is 10.1. The van der Waals surface area contributed by atoms with Gasteiger partial charge < -0.3 is 150 Å². The van der Waals surface area contributed by atoms with Crippen molar-refractivity contribution in [1.29, 1.82) is 0 Å². The molecule has 1 unspecified atom stereocenters. The molecule has 35 heteroatoms. The fourth-order valence-electron chi connectivity index (χ4n) is 24.3. The molecule has 0 radical (unpaired) electrons. The fourth-order valence-corrected chi connectivity index (χ4v) is 24.9. The zero-order valence-electron chi connectivity index (χ0n) is 71.9. The van der Waals surface area contributed by atoms with E-state index in [4.69, 9.17) is 0 Å². The number of piperazine rings is 24. The number of hydrogen-bond donors (Lipinski definition) is 3. The van der Waals surface area contributed by atoms with E-state index in [1.54, 1.807) is 0 Å². The van der Waals surface area contributed by atoms with Gasteiger partial charge in [-0.3, -0.25) is 73.5 Å². The topological polar surface area (TPSA) is 109 Å². The molecule has 24 aliphatic heterocycles.